The van der Waals surface area contributed by atoms with Crippen molar-refractivity contribution < 1.29 is 0 Å². The van der Waals surface area contributed by atoms with Crippen LogP contribution in [0.1, 0.15) is 11.1 Å². The molecule has 1 heteroatoms. The van der Waals surface area contributed by atoms with Gasteiger partial charge in [0.05, 0.1) is 0 Å². The number of hydrogen-bond donors (Lipinski definition) is 0. The van der Waals surface area contributed by atoms with Gasteiger partial charge in [-0.1, -0.05) is 36.9 Å². The summed E-state index contributed by atoms with van der Waals surface area (Å²) in [7, 11) is 0. The van der Waals surface area contributed by atoms with Gasteiger partial charge in [-0.2, -0.15) is 0 Å². The summed E-state index contributed by atoms with van der Waals surface area (Å²) < 4.78 is 0. The summed E-state index contributed by atoms with van der Waals surface area (Å²) in [6.45, 7) is 9.48. The van der Waals surface area contributed by atoms with Gasteiger partial charge in [-0.3, -0.25) is 0 Å². The Balaban J connectivity index is 3.13. The van der Waals surface area contributed by atoms with Crippen LogP contribution in [0.25, 0.3) is 5.57 Å². The lowest BCUT2D eigenvalue weighted by molar-refractivity contribution is 1.45. The highest BCUT2D eigenvalue weighted by molar-refractivity contribution is 6.31. The van der Waals surface area contributed by atoms with Crippen molar-refractivity contribution in [1.82, 2.24) is 0 Å². The Morgan fingerprint density at radius 3 is 2.67 bits per heavy atom. The van der Waals surface area contributed by atoms with Crippen LogP contribution in [0.2, 0.25) is 5.02 Å². The van der Waals surface area contributed by atoms with Crippen LogP contribution < -0.4 is 0 Å². The van der Waals surface area contributed by atoms with Gasteiger partial charge in [0.1, 0.15) is 0 Å². The number of benzene rings is 1. The lowest BCUT2D eigenvalue weighted by Gasteiger charge is -2.02. The second-order valence-corrected chi connectivity index (χ2v) is 3.10. The first-order valence-electron chi connectivity index (χ1n) is 3.73. The zero-order valence-electron chi connectivity index (χ0n) is 7.10. The molecule has 62 valence electrons. The Bertz CT molecular complexity index is 324. The lowest BCUT2D eigenvalue weighted by Crippen LogP contribution is -1.81. The van der Waals surface area contributed by atoms with Crippen LogP contribution >= 0.6 is 11.6 Å². The Hall–Kier alpha value is -1.01. The van der Waals surface area contributed by atoms with E-state index >= 15 is 0 Å². The van der Waals surface area contributed by atoms with Gasteiger partial charge in [0.15, 0.2) is 0 Å². The average Bonchev–Trinajstić information content (AvgIpc) is 2.08. The van der Waals surface area contributed by atoms with Gasteiger partial charge in [-0.15, -0.1) is 0 Å². The molecule has 0 aromatic heterocycles. The fraction of sp³-hybridized carbons (Fsp3) is 0.0909. The van der Waals surface area contributed by atoms with Crippen molar-refractivity contribution in [2.45, 2.75) is 6.92 Å². The molecule has 0 unspecified atom stereocenters. The molecule has 0 amide bonds. The molecule has 0 fully saturated rings. The van der Waals surface area contributed by atoms with E-state index in [-0.39, 0.29) is 0 Å². The fourth-order valence-corrected chi connectivity index (χ4v) is 1.08. The molecule has 0 heterocycles. The highest BCUT2D eigenvalue weighted by Crippen LogP contribution is 2.20. The van der Waals surface area contributed by atoms with Crippen LogP contribution in [0, 0.1) is 6.92 Å². The van der Waals surface area contributed by atoms with E-state index in [4.69, 9.17) is 11.6 Å². The summed E-state index contributed by atoms with van der Waals surface area (Å²) in [5, 5.41) is 0.788. The predicted octanol–water partition coefficient (Wildman–Crippen LogP) is 3.85. The fourth-order valence-electron chi connectivity index (χ4n) is 0.962. The molecule has 0 aliphatic rings. The van der Waals surface area contributed by atoms with Crippen molar-refractivity contribution in [3.05, 3.63) is 53.6 Å². The molecule has 1 aromatic carbocycles. The lowest BCUT2D eigenvalue weighted by atomic mass is 10.1. The Morgan fingerprint density at radius 1 is 1.50 bits per heavy atom. The van der Waals surface area contributed by atoms with Gasteiger partial charge in [0.2, 0.25) is 0 Å². The van der Waals surface area contributed by atoms with Gasteiger partial charge in [0.25, 0.3) is 0 Å². The molecule has 0 radical (unpaired) electrons. The standard InChI is InChI=1S/C11H11Cl/c1-4-8(2)10-5-6-11(12)9(3)7-10/h4-7H,1-2H2,3H3. The van der Waals surface area contributed by atoms with E-state index in [1.54, 1.807) is 6.08 Å². The van der Waals surface area contributed by atoms with E-state index in [1.807, 2.05) is 25.1 Å². The molecule has 1 aromatic rings. The van der Waals surface area contributed by atoms with Crippen molar-refractivity contribution in [1.29, 1.82) is 0 Å². The maximum atomic E-state index is 5.87. The van der Waals surface area contributed by atoms with E-state index in [0.29, 0.717) is 0 Å². The third-order valence-electron chi connectivity index (χ3n) is 1.78. The van der Waals surface area contributed by atoms with Crippen molar-refractivity contribution in [2.75, 3.05) is 0 Å². The molecule has 0 bridgehead atoms. The molecule has 0 saturated heterocycles. The molecular weight excluding hydrogens is 168 g/mol. The van der Waals surface area contributed by atoms with Crippen molar-refractivity contribution >= 4 is 17.2 Å². The zero-order valence-corrected chi connectivity index (χ0v) is 7.86. The largest absolute Gasteiger partial charge is 0.0985 e. The normalized spacial score (nSPS) is 9.50. The molecule has 0 nitrogen and oxygen atoms in total. The summed E-state index contributed by atoms with van der Waals surface area (Å²) in [6.07, 6.45) is 1.74. The van der Waals surface area contributed by atoms with Gasteiger partial charge in [-0.25, -0.2) is 0 Å². The first-order valence-corrected chi connectivity index (χ1v) is 4.11. The van der Waals surface area contributed by atoms with Gasteiger partial charge >= 0.3 is 0 Å². The smallest absolute Gasteiger partial charge is 0.0435 e. The molecule has 1 rings (SSSR count). The number of aryl methyl sites for hydroxylation is 1. The topological polar surface area (TPSA) is 0 Å². The Morgan fingerprint density at radius 2 is 2.17 bits per heavy atom. The molecule has 0 atom stereocenters. The number of hydrogen-bond acceptors (Lipinski definition) is 0. The van der Waals surface area contributed by atoms with E-state index in [0.717, 1.165) is 21.7 Å². The van der Waals surface area contributed by atoms with Crippen molar-refractivity contribution in [3.8, 4) is 0 Å². The predicted molar refractivity (Wildman–Crippen MR) is 55.4 cm³/mol. The van der Waals surface area contributed by atoms with Crippen LogP contribution in [0.5, 0.6) is 0 Å². The second kappa shape index (κ2) is 3.59. The first kappa shape index (κ1) is 9.08. The van der Waals surface area contributed by atoms with Crippen molar-refractivity contribution in [3.63, 3.8) is 0 Å². The van der Waals surface area contributed by atoms with Gasteiger partial charge < -0.3 is 0 Å². The minimum absolute atomic E-state index is 0.788. The third kappa shape index (κ3) is 1.77. The summed E-state index contributed by atoms with van der Waals surface area (Å²) in [5.41, 5.74) is 3.07. The minimum atomic E-state index is 0.788. The summed E-state index contributed by atoms with van der Waals surface area (Å²) in [6, 6.07) is 5.83. The summed E-state index contributed by atoms with van der Waals surface area (Å²) in [4.78, 5) is 0. The van der Waals surface area contributed by atoms with Gasteiger partial charge in [-0.05, 0) is 35.8 Å². The second-order valence-electron chi connectivity index (χ2n) is 2.69. The number of allylic oxidation sites excluding steroid dienone is 2. The monoisotopic (exact) mass is 178 g/mol. The third-order valence-corrected chi connectivity index (χ3v) is 2.20. The van der Waals surface area contributed by atoms with Crippen LogP contribution in [0.4, 0.5) is 0 Å². The van der Waals surface area contributed by atoms with E-state index in [2.05, 4.69) is 13.2 Å². The van der Waals surface area contributed by atoms with Gasteiger partial charge in [0, 0.05) is 5.02 Å². The average molecular weight is 179 g/mol. The van der Waals surface area contributed by atoms with E-state index in [1.165, 1.54) is 0 Å². The molecular formula is C11H11Cl. The van der Waals surface area contributed by atoms with Crippen LogP contribution in [0.3, 0.4) is 0 Å². The highest BCUT2D eigenvalue weighted by atomic mass is 35.5. The number of halogens is 1. The molecule has 0 saturated carbocycles. The molecule has 0 aliphatic heterocycles. The molecule has 0 aliphatic carbocycles. The van der Waals surface area contributed by atoms with Crippen LogP contribution in [-0.4, -0.2) is 0 Å². The highest BCUT2D eigenvalue weighted by Gasteiger charge is 1.97. The van der Waals surface area contributed by atoms with Crippen LogP contribution in [-0.2, 0) is 0 Å². The molecule has 0 N–H and O–H groups in total. The molecule has 0 spiro atoms. The first-order chi connectivity index (χ1) is 5.65. The SMILES string of the molecule is C=CC(=C)c1ccc(Cl)c(C)c1. The van der Waals surface area contributed by atoms with Crippen LogP contribution in [0.15, 0.2) is 37.4 Å². The number of rotatable bonds is 2. The Labute approximate surface area is 78.2 Å². The quantitative estimate of drug-likeness (QED) is 0.604. The summed E-state index contributed by atoms with van der Waals surface area (Å²) in [5.74, 6) is 0. The minimum Gasteiger partial charge on any atom is -0.0985 e. The van der Waals surface area contributed by atoms with E-state index < -0.39 is 0 Å². The molecule has 12 heavy (non-hydrogen) atoms. The maximum absolute atomic E-state index is 5.87. The summed E-state index contributed by atoms with van der Waals surface area (Å²) >= 11 is 5.87. The zero-order chi connectivity index (χ0) is 9.14. The van der Waals surface area contributed by atoms with Crippen molar-refractivity contribution in [2.24, 2.45) is 0 Å². The maximum Gasteiger partial charge on any atom is 0.0435 e. The Kier molecular flexibility index (Phi) is 2.72. The van der Waals surface area contributed by atoms with E-state index in [9.17, 15) is 0 Å².